The van der Waals surface area contributed by atoms with E-state index in [0.29, 0.717) is 19.5 Å². The molecule has 4 nitrogen and oxygen atoms in total. The number of carbonyl (C=O) groups is 1. The number of piperidine rings is 1. The van der Waals surface area contributed by atoms with Gasteiger partial charge in [-0.05, 0) is 38.6 Å². The van der Waals surface area contributed by atoms with Crippen LogP contribution >= 0.6 is 0 Å². The van der Waals surface area contributed by atoms with E-state index in [0.717, 1.165) is 25.7 Å². The second-order valence-corrected chi connectivity index (χ2v) is 7.03. The molecule has 2 fully saturated rings. The second kappa shape index (κ2) is 7.83. The molecular weight excluding hydrogens is 309 g/mol. The molecule has 1 saturated heterocycles. The van der Waals surface area contributed by atoms with Gasteiger partial charge in [0.25, 0.3) is 0 Å². The lowest BCUT2D eigenvalue weighted by atomic mass is 9.86. The van der Waals surface area contributed by atoms with Gasteiger partial charge in [-0.15, -0.1) is 0 Å². The van der Waals surface area contributed by atoms with Crippen LogP contribution < -0.4 is 0 Å². The van der Waals surface area contributed by atoms with Crippen LogP contribution in [0, 0.1) is 11.8 Å². The van der Waals surface area contributed by atoms with Crippen molar-refractivity contribution in [3.05, 3.63) is 0 Å². The standard InChI is InChI=1S/C16H27F3N2O2/c1-20(9-12-5-2-3-7-14(12)22)11-15(23)21-8-4-6-13(10-21)16(17,18)19/h12-14,22H,2-11H2,1H3. The molecule has 23 heavy (non-hydrogen) atoms. The summed E-state index contributed by atoms with van der Waals surface area (Å²) in [5, 5.41) is 9.98. The molecule has 0 spiro atoms. The van der Waals surface area contributed by atoms with E-state index in [1.54, 1.807) is 7.05 Å². The van der Waals surface area contributed by atoms with Gasteiger partial charge in [0.1, 0.15) is 0 Å². The molecule has 1 aliphatic carbocycles. The van der Waals surface area contributed by atoms with E-state index < -0.39 is 12.1 Å². The quantitative estimate of drug-likeness (QED) is 0.856. The minimum Gasteiger partial charge on any atom is -0.393 e. The molecule has 2 rings (SSSR count). The average molecular weight is 336 g/mol. The van der Waals surface area contributed by atoms with Crippen molar-refractivity contribution in [1.82, 2.24) is 9.80 Å². The monoisotopic (exact) mass is 336 g/mol. The van der Waals surface area contributed by atoms with Gasteiger partial charge < -0.3 is 10.0 Å². The Balaban J connectivity index is 1.81. The zero-order chi connectivity index (χ0) is 17.0. The van der Waals surface area contributed by atoms with E-state index in [4.69, 9.17) is 0 Å². The Morgan fingerprint density at radius 3 is 2.57 bits per heavy atom. The Labute approximate surface area is 135 Å². The molecule has 0 aromatic heterocycles. The second-order valence-electron chi connectivity index (χ2n) is 7.03. The molecule has 1 amide bonds. The van der Waals surface area contributed by atoms with Crippen LogP contribution in [-0.4, -0.2) is 66.3 Å². The number of carbonyl (C=O) groups excluding carboxylic acids is 1. The van der Waals surface area contributed by atoms with Crippen LogP contribution in [0.4, 0.5) is 13.2 Å². The van der Waals surface area contributed by atoms with Crippen molar-refractivity contribution in [2.45, 2.75) is 50.8 Å². The molecule has 1 heterocycles. The number of rotatable bonds is 4. The van der Waals surface area contributed by atoms with Crippen molar-refractivity contribution < 1.29 is 23.1 Å². The lowest BCUT2D eigenvalue weighted by molar-refractivity contribution is -0.188. The summed E-state index contributed by atoms with van der Waals surface area (Å²) < 4.78 is 38.4. The average Bonchev–Trinajstić information content (AvgIpc) is 2.49. The van der Waals surface area contributed by atoms with E-state index in [9.17, 15) is 23.1 Å². The van der Waals surface area contributed by atoms with E-state index in [1.807, 2.05) is 4.90 Å². The molecule has 3 atom stereocenters. The topological polar surface area (TPSA) is 43.8 Å². The highest BCUT2D eigenvalue weighted by Gasteiger charge is 2.42. The van der Waals surface area contributed by atoms with Gasteiger partial charge >= 0.3 is 6.18 Å². The number of aliphatic hydroxyl groups is 1. The fourth-order valence-corrected chi connectivity index (χ4v) is 3.67. The van der Waals surface area contributed by atoms with E-state index in [-0.39, 0.29) is 37.4 Å². The Kier molecular flexibility index (Phi) is 6.31. The lowest BCUT2D eigenvalue weighted by Gasteiger charge is -2.35. The van der Waals surface area contributed by atoms with Crippen LogP contribution in [0.2, 0.25) is 0 Å². The summed E-state index contributed by atoms with van der Waals surface area (Å²) in [7, 11) is 1.80. The number of amides is 1. The third-order valence-electron chi connectivity index (χ3n) is 5.06. The van der Waals surface area contributed by atoms with E-state index in [1.165, 1.54) is 4.90 Å². The largest absolute Gasteiger partial charge is 0.393 e. The molecule has 3 unspecified atom stereocenters. The molecule has 1 saturated carbocycles. The first-order chi connectivity index (χ1) is 10.8. The molecule has 0 bridgehead atoms. The van der Waals surface area contributed by atoms with E-state index in [2.05, 4.69) is 0 Å². The number of aliphatic hydroxyl groups excluding tert-OH is 1. The zero-order valence-electron chi connectivity index (χ0n) is 13.7. The molecule has 1 aliphatic heterocycles. The predicted molar refractivity (Wildman–Crippen MR) is 80.8 cm³/mol. The third-order valence-corrected chi connectivity index (χ3v) is 5.06. The molecular formula is C16H27F3N2O2. The number of halogens is 3. The van der Waals surface area contributed by atoms with Gasteiger partial charge in [0.15, 0.2) is 0 Å². The third kappa shape index (κ3) is 5.35. The Bertz CT molecular complexity index is 403. The maximum atomic E-state index is 12.8. The zero-order valence-corrected chi connectivity index (χ0v) is 13.7. The van der Waals surface area contributed by atoms with Gasteiger partial charge in [0.05, 0.1) is 18.6 Å². The highest BCUT2D eigenvalue weighted by atomic mass is 19.4. The Morgan fingerprint density at radius 1 is 1.22 bits per heavy atom. The fraction of sp³-hybridized carbons (Fsp3) is 0.938. The van der Waals surface area contributed by atoms with Crippen LogP contribution in [0.15, 0.2) is 0 Å². The lowest BCUT2D eigenvalue weighted by Crippen LogP contribution is -2.48. The smallest absolute Gasteiger partial charge is 0.393 e. The molecule has 0 aromatic rings. The molecule has 0 aromatic carbocycles. The van der Waals surface area contributed by atoms with Crippen molar-refractivity contribution in [1.29, 1.82) is 0 Å². The first kappa shape index (κ1) is 18.5. The van der Waals surface area contributed by atoms with Crippen LogP contribution in [-0.2, 0) is 4.79 Å². The van der Waals surface area contributed by atoms with Crippen LogP contribution in [0.1, 0.15) is 38.5 Å². The molecule has 7 heteroatoms. The first-order valence-corrected chi connectivity index (χ1v) is 8.48. The SMILES string of the molecule is CN(CC(=O)N1CCCC(C(F)(F)F)C1)CC1CCCCC1O. The number of likely N-dealkylation sites (N-methyl/N-ethyl adjacent to an activating group) is 1. The van der Waals surface area contributed by atoms with Crippen LogP contribution in [0.3, 0.4) is 0 Å². The van der Waals surface area contributed by atoms with Gasteiger partial charge in [0, 0.05) is 19.6 Å². The fourth-order valence-electron chi connectivity index (χ4n) is 3.67. The first-order valence-electron chi connectivity index (χ1n) is 8.48. The maximum Gasteiger partial charge on any atom is 0.393 e. The number of nitrogens with zero attached hydrogens (tertiary/aromatic N) is 2. The van der Waals surface area contributed by atoms with Crippen molar-refractivity contribution >= 4 is 5.91 Å². The van der Waals surface area contributed by atoms with Gasteiger partial charge in [-0.1, -0.05) is 12.8 Å². The van der Waals surface area contributed by atoms with Gasteiger partial charge in [-0.3, -0.25) is 9.69 Å². The highest BCUT2D eigenvalue weighted by molar-refractivity contribution is 5.78. The summed E-state index contributed by atoms with van der Waals surface area (Å²) in [5.74, 6) is -1.48. The highest BCUT2D eigenvalue weighted by Crippen LogP contribution is 2.33. The molecule has 2 aliphatic rings. The van der Waals surface area contributed by atoms with Crippen molar-refractivity contribution in [2.75, 3.05) is 33.2 Å². The normalized spacial score (nSPS) is 29.8. The Morgan fingerprint density at radius 2 is 1.91 bits per heavy atom. The van der Waals surface area contributed by atoms with Crippen molar-refractivity contribution in [2.24, 2.45) is 11.8 Å². The molecule has 0 radical (unpaired) electrons. The maximum absolute atomic E-state index is 12.8. The minimum atomic E-state index is -4.23. The van der Waals surface area contributed by atoms with Crippen molar-refractivity contribution in [3.63, 3.8) is 0 Å². The van der Waals surface area contributed by atoms with Crippen LogP contribution in [0.5, 0.6) is 0 Å². The Hall–Kier alpha value is -0.820. The number of hydrogen-bond acceptors (Lipinski definition) is 3. The predicted octanol–water partition coefficient (Wildman–Crippen LogP) is 2.27. The molecule has 134 valence electrons. The minimum absolute atomic E-state index is 0.109. The van der Waals surface area contributed by atoms with Crippen molar-refractivity contribution in [3.8, 4) is 0 Å². The summed E-state index contributed by atoms with van der Waals surface area (Å²) in [6.07, 6.45) is -0.178. The number of likely N-dealkylation sites (tertiary alicyclic amines) is 1. The number of hydrogen-bond donors (Lipinski definition) is 1. The van der Waals surface area contributed by atoms with Gasteiger partial charge in [0.2, 0.25) is 5.91 Å². The summed E-state index contributed by atoms with van der Waals surface area (Å²) in [4.78, 5) is 15.4. The summed E-state index contributed by atoms with van der Waals surface area (Å²) in [5.41, 5.74) is 0. The van der Waals surface area contributed by atoms with Gasteiger partial charge in [-0.25, -0.2) is 0 Å². The summed E-state index contributed by atoms with van der Waals surface area (Å²) in [6, 6.07) is 0. The van der Waals surface area contributed by atoms with Crippen LogP contribution in [0.25, 0.3) is 0 Å². The number of alkyl halides is 3. The molecule has 1 N–H and O–H groups in total. The van der Waals surface area contributed by atoms with E-state index >= 15 is 0 Å². The van der Waals surface area contributed by atoms with Gasteiger partial charge in [-0.2, -0.15) is 13.2 Å². The summed E-state index contributed by atoms with van der Waals surface area (Å²) >= 11 is 0. The summed E-state index contributed by atoms with van der Waals surface area (Å²) in [6.45, 7) is 0.921.